The number of rotatable bonds is 18. The topological polar surface area (TPSA) is 132 Å². The molecule has 13 heteroatoms. The number of carbonyl (C=O) groups excluding carboxylic acids is 3. The zero-order chi connectivity index (χ0) is 33.5. The number of hydrogen-bond donors (Lipinski definition) is 1. The number of esters is 2. The minimum absolute atomic E-state index is 0.0988. The molecule has 0 unspecified atom stereocenters. The molecule has 0 aliphatic carbocycles. The number of benzene rings is 2. The lowest BCUT2D eigenvalue weighted by Gasteiger charge is -2.26. The third kappa shape index (κ3) is 11.4. The number of aromatic nitrogens is 1. The first kappa shape index (κ1) is 35.9. The van der Waals surface area contributed by atoms with E-state index in [0.29, 0.717) is 13.0 Å². The molecule has 0 fully saturated rings. The highest BCUT2D eigenvalue weighted by Crippen LogP contribution is 2.29. The van der Waals surface area contributed by atoms with Crippen LogP contribution in [0.25, 0.3) is 0 Å². The summed E-state index contributed by atoms with van der Waals surface area (Å²) in [5, 5.41) is 2.54. The Hall–Kier alpha value is -4.62. The molecule has 248 valence electrons. The van der Waals surface area contributed by atoms with E-state index in [-0.39, 0.29) is 54.6 Å². The van der Waals surface area contributed by atoms with Crippen molar-refractivity contribution in [1.29, 1.82) is 0 Å². The van der Waals surface area contributed by atoms with Crippen molar-refractivity contribution in [1.82, 2.24) is 10.3 Å². The minimum Gasteiger partial charge on any atom is -0.493 e. The molecule has 46 heavy (non-hydrogen) atoms. The van der Waals surface area contributed by atoms with Crippen molar-refractivity contribution in [2.45, 2.75) is 45.9 Å². The molecule has 3 rings (SSSR count). The highest BCUT2D eigenvalue weighted by atomic mass is 19.1. The standard InChI is InChI=1S/C33H38F2N2O9/c1-5-42-19-29(38)44-20-45-31-28(41-4)14-15-36-30(31)32(39)37-21(2)33(40)46-22(3)25(16-23-6-10-26(34)11-7-23)18-43-17-24-8-12-27(35)13-9-24/h6-15,21-22,25H,5,16-20H2,1-4H3,(H,37,39)/t21-,22-,25+/m0/s1. The second-order valence-electron chi connectivity index (χ2n) is 10.2. The van der Waals surface area contributed by atoms with Crippen LogP contribution in [0, 0.1) is 17.6 Å². The van der Waals surface area contributed by atoms with Crippen molar-refractivity contribution < 1.29 is 51.6 Å². The first-order chi connectivity index (χ1) is 22.1. The van der Waals surface area contributed by atoms with Gasteiger partial charge in [0.2, 0.25) is 6.79 Å². The van der Waals surface area contributed by atoms with E-state index in [4.69, 9.17) is 28.4 Å². The van der Waals surface area contributed by atoms with E-state index in [9.17, 15) is 23.2 Å². The van der Waals surface area contributed by atoms with Gasteiger partial charge >= 0.3 is 11.9 Å². The van der Waals surface area contributed by atoms with E-state index in [1.165, 1.54) is 50.6 Å². The van der Waals surface area contributed by atoms with Crippen LogP contribution in [0.2, 0.25) is 0 Å². The molecule has 3 atom stereocenters. The van der Waals surface area contributed by atoms with Crippen LogP contribution < -0.4 is 14.8 Å². The van der Waals surface area contributed by atoms with Crippen molar-refractivity contribution >= 4 is 17.8 Å². The van der Waals surface area contributed by atoms with Crippen LogP contribution >= 0.6 is 0 Å². The van der Waals surface area contributed by atoms with Gasteiger partial charge in [-0.1, -0.05) is 24.3 Å². The molecule has 0 spiro atoms. The zero-order valence-corrected chi connectivity index (χ0v) is 26.1. The van der Waals surface area contributed by atoms with Gasteiger partial charge < -0.3 is 33.7 Å². The van der Waals surface area contributed by atoms with Crippen LogP contribution in [0.15, 0.2) is 60.8 Å². The van der Waals surface area contributed by atoms with Gasteiger partial charge in [-0.3, -0.25) is 4.79 Å². The monoisotopic (exact) mass is 644 g/mol. The van der Waals surface area contributed by atoms with Gasteiger partial charge in [-0.25, -0.2) is 23.4 Å². The fourth-order valence-electron chi connectivity index (χ4n) is 4.17. The van der Waals surface area contributed by atoms with Crippen molar-refractivity contribution in [3.63, 3.8) is 0 Å². The number of ether oxygens (including phenoxy) is 6. The van der Waals surface area contributed by atoms with E-state index >= 15 is 0 Å². The number of amides is 1. The van der Waals surface area contributed by atoms with Gasteiger partial charge in [-0.15, -0.1) is 0 Å². The lowest BCUT2D eigenvalue weighted by molar-refractivity contribution is -0.155. The first-order valence-corrected chi connectivity index (χ1v) is 14.6. The summed E-state index contributed by atoms with van der Waals surface area (Å²) in [7, 11) is 1.36. The second-order valence-corrected chi connectivity index (χ2v) is 10.2. The molecule has 0 aliphatic heterocycles. The Kier molecular flexibility index (Phi) is 14.3. The predicted octanol–water partition coefficient (Wildman–Crippen LogP) is 4.41. The van der Waals surface area contributed by atoms with E-state index in [0.717, 1.165) is 11.1 Å². The van der Waals surface area contributed by atoms with E-state index < -0.39 is 36.8 Å². The van der Waals surface area contributed by atoms with Crippen LogP contribution in [-0.2, 0) is 41.6 Å². The third-order valence-electron chi connectivity index (χ3n) is 6.74. The molecule has 0 radical (unpaired) electrons. The van der Waals surface area contributed by atoms with Gasteiger partial charge in [-0.2, -0.15) is 0 Å². The van der Waals surface area contributed by atoms with E-state index in [1.807, 2.05) is 0 Å². The number of nitrogens with zero attached hydrogens (tertiary/aromatic N) is 1. The fourth-order valence-corrected chi connectivity index (χ4v) is 4.17. The smallest absolute Gasteiger partial charge is 0.334 e. The zero-order valence-electron chi connectivity index (χ0n) is 26.1. The number of hydrogen-bond acceptors (Lipinski definition) is 10. The maximum Gasteiger partial charge on any atom is 0.334 e. The van der Waals surface area contributed by atoms with Crippen LogP contribution in [0.4, 0.5) is 8.78 Å². The Bertz CT molecular complexity index is 1420. The molecule has 0 bridgehead atoms. The van der Waals surface area contributed by atoms with E-state index in [1.54, 1.807) is 38.1 Å². The van der Waals surface area contributed by atoms with Gasteiger partial charge in [0, 0.05) is 24.8 Å². The number of methoxy groups -OCH3 is 1. The van der Waals surface area contributed by atoms with Crippen LogP contribution in [-0.4, -0.2) is 68.7 Å². The Morgan fingerprint density at radius 1 is 0.913 bits per heavy atom. The average Bonchev–Trinajstić information content (AvgIpc) is 3.04. The quantitative estimate of drug-likeness (QED) is 0.157. The summed E-state index contributed by atoms with van der Waals surface area (Å²) in [5.41, 5.74) is 1.36. The summed E-state index contributed by atoms with van der Waals surface area (Å²) in [6.45, 7) is 4.78. The third-order valence-corrected chi connectivity index (χ3v) is 6.74. The number of nitrogens with one attached hydrogen (secondary N) is 1. The predicted molar refractivity (Wildman–Crippen MR) is 161 cm³/mol. The lowest BCUT2D eigenvalue weighted by atomic mass is 9.95. The molecule has 1 N–H and O–H groups in total. The first-order valence-electron chi connectivity index (χ1n) is 14.6. The number of pyridine rings is 1. The van der Waals surface area contributed by atoms with E-state index in [2.05, 4.69) is 10.3 Å². The summed E-state index contributed by atoms with van der Waals surface area (Å²) in [4.78, 5) is 42.0. The van der Waals surface area contributed by atoms with Crippen LogP contribution in [0.5, 0.6) is 11.5 Å². The largest absolute Gasteiger partial charge is 0.493 e. The Morgan fingerprint density at radius 3 is 2.20 bits per heavy atom. The number of carbonyl (C=O) groups is 3. The van der Waals surface area contributed by atoms with Crippen LogP contribution in [0.3, 0.4) is 0 Å². The maximum atomic E-state index is 13.5. The minimum atomic E-state index is -1.11. The SMILES string of the molecule is CCOCC(=O)OCOc1c(OC)ccnc1C(=O)N[C@@H](C)C(=O)O[C@@H](C)[C@@H](COCc1ccc(F)cc1)Cc1ccc(F)cc1. The Labute approximate surface area is 266 Å². The Balaban J connectivity index is 1.64. The summed E-state index contributed by atoms with van der Waals surface area (Å²) in [6.07, 6.45) is 1.05. The highest BCUT2D eigenvalue weighted by molar-refractivity contribution is 5.98. The van der Waals surface area contributed by atoms with Gasteiger partial charge in [0.1, 0.15) is 30.4 Å². The molecule has 3 aromatic rings. The summed E-state index contributed by atoms with van der Waals surface area (Å²) in [5.74, 6) is -3.19. The van der Waals surface area contributed by atoms with Crippen molar-refractivity contribution in [3.8, 4) is 11.5 Å². The number of halogens is 2. The molecule has 0 aliphatic rings. The van der Waals surface area contributed by atoms with Crippen molar-refractivity contribution in [3.05, 3.63) is 89.2 Å². The normalized spacial score (nSPS) is 12.8. The summed E-state index contributed by atoms with van der Waals surface area (Å²) in [6, 6.07) is 12.2. The molecule has 1 heterocycles. The van der Waals surface area contributed by atoms with Crippen LogP contribution in [0.1, 0.15) is 42.4 Å². The molecule has 2 aromatic carbocycles. The van der Waals surface area contributed by atoms with Crippen molar-refractivity contribution in [2.24, 2.45) is 5.92 Å². The van der Waals surface area contributed by atoms with Gasteiger partial charge in [0.25, 0.3) is 5.91 Å². The van der Waals surface area contributed by atoms with Gasteiger partial charge in [0.05, 0.1) is 20.3 Å². The molecule has 1 aromatic heterocycles. The fraction of sp³-hybridized carbons (Fsp3) is 0.394. The molecule has 11 nitrogen and oxygen atoms in total. The molecular weight excluding hydrogens is 606 g/mol. The Morgan fingerprint density at radius 2 is 1.57 bits per heavy atom. The highest BCUT2D eigenvalue weighted by Gasteiger charge is 2.28. The molecule has 0 saturated heterocycles. The van der Waals surface area contributed by atoms with Crippen molar-refractivity contribution in [2.75, 3.05) is 33.7 Å². The molecular formula is C33H38F2N2O9. The lowest BCUT2D eigenvalue weighted by Crippen LogP contribution is -2.42. The van der Waals surface area contributed by atoms with Gasteiger partial charge in [0.15, 0.2) is 17.2 Å². The summed E-state index contributed by atoms with van der Waals surface area (Å²) >= 11 is 0. The maximum absolute atomic E-state index is 13.5. The summed E-state index contributed by atoms with van der Waals surface area (Å²) < 4.78 is 59.0. The van der Waals surface area contributed by atoms with Gasteiger partial charge in [-0.05, 0) is 62.6 Å². The molecule has 1 amide bonds. The second kappa shape index (κ2) is 18.4. The molecule has 0 saturated carbocycles. The average molecular weight is 645 g/mol.